The summed E-state index contributed by atoms with van der Waals surface area (Å²) < 4.78 is 0. The van der Waals surface area contributed by atoms with Gasteiger partial charge in [0.1, 0.15) is 5.82 Å². The second-order valence-corrected chi connectivity index (χ2v) is 6.15. The van der Waals surface area contributed by atoms with Gasteiger partial charge in [-0.2, -0.15) is 11.8 Å². The molecule has 1 aromatic rings. The molecule has 6 heteroatoms. The van der Waals surface area contributed by atoms with Gasteiger partial charge >= 0.3 is 0 Å². The number of nitrogens with one attached hydrogen (secondary N) is 1. The molecule has 0 saturated heterocycles. The van der Waals surface area contributed by atoms with Gasteiger partial charge < -0.3 is 10.2 Å². The minimum Gasteiger partial charge on any atom is -0.366 e. The number of amides is 1. The summed E-state index contributed by atoms with van der Waals surface area (Å²) in [6.07, 6.45) is 5.75. The van der Waals surface area contributed by atoms with Gasteiger partial charge in [0.25, 0.3) is 5.91 Å². The lowest BCUT2D eigenvalue weighted by Gasteiger charge is -2.13. The number of nitrogens with zero attached hydrogens (tertiary/aromatic N) is 3. The topological polar surface area (TPSA) is 58.1 Å². The molecule has 1 aliphatic rings. The van der Waals surface area contributed by atoms with E-state index >= 15 is 0 Å². The highest BCUT2D eigenvalue weighted by atomic mass is 32.2. The Morgan fingerprint density at radius 1 is 1.37 bits per heavy atom. The molecule has 1 saturated carbocycles. The average Bonchev–Trinajstić information content (AvgIpc) is 2.86. The normalized spacial score (nSPS) is 22.3. The molecule has 1 heterocycles. The molecule has 104 valence electrons. The Hall–Kier alpha value is -1.30. The van der Waals surface area contributed by atoms with E-state index in [1.165, 1.54) is 24.2 Å². The SMILES string of the molecule is CSC1CCC(Nc2ccc(C(=O)N(C)C)nn2)C1. The van der Waals surface area contributed by atoms with Crippen molar-refractivity contribution in [3.63, 3.8) is 0 Å². The summed E-state index contributed by atoms with van der Waals surface area (Å²) in [4.78, 5) is 13.2. The summed E-state index contributed by atoms with van der Waals surface area (Å²) in [6, 6.07) is 4.02. The molecule has 5 nitrogen and oxygen atoms in total. The predicted octanol–water partition coefficient (Wildman–Crippen LogP) is 1.87. The largest absolute Gasteiger partial charge is 0.366 e. The first kappa shape index (κ1) is 14.1. The predicted molar refractivity (Wildman–Crippen MR) is 78.6 cm³/mol. The number of hydrogen-bond donors (Lipinski definition) is 1. The van der Waals surface area contributed by atoms with E-state index in [0.717, 1.165) is 11.1 Å². The van der Waals surface area contributed by atoms with Gasteiger partial charge in [-0.05, 0) is 37.7 Å². The third-order valence-electron chi connectivity index (χ3n) is 3.36. The highest BCUT2D eigenvalue weighted by Crippen LogP contribution is 2.29. The number of carbonyl (C=O) groups is 1. The van der Waals surface area contributed by atoms with E-state index in [9.17, 15) is 4.79 Å². The molecule has 1 aliphatic carbocycles. The first-order valence-electron chi connectivity index (χ1n) is 6.45. The fraction of sp³-hybridized carbons (Fsp3) is 0.615. The molecule has 0 aromatic carbocycles. The summed E-state index contributed by atoms with van der Waals surface area (Å²) in [6.45, 7) is 0. The molecule has 19 heavy (non-hydrogen) atoms. The molecule has 0 radical (unpaired) electrons. The number of thioether (sulfide) groups is 1. The molecule has 1 N–H and O–H groups in total. The maximum atomic E-state index is 11.7. The maximum absolute atomic E-state index is 11.7. The summed E-state index contributed by atoms with van der Waals surface area (Å²) >= 11 is 1.93. The highest BCUT2D eigenvalue weighted by molar-refractivity contribution is 7.99. The van der Waals surface area contributed by atoms with E-state index in [4.69, 9.17) is 0 Å². The van der Waals surface area contributed by atoms with Crippen LogP contribution in [0, 0.1) is 0 Å². The van der Waals surface area contributed by atoms with Crippen molar-refractivity contribution in [3.8, 4) is 0 Å². The Morgan fingerprint density at radius 3 is 2.68 bits per heavy atom. The van der Waals surface area contributed by atoms with Crippen LogP contribution in [0.5, 0.6) is 0 Å². The van der Waals surface area contributed by atoms with Crippen LogP contribution in [0.25, 0.3) is 0 Å². The lowest BCUT2D eigenvalue weighted by Crippen LogP contribution is -2.23. The second kappa shape index (κ2) is 6.23. The lowest BCUT2D eigenvalue weighted by atomic mass is 10.2. The standard InChI is InChI=1S/C13H20N4OS/c1-17(2)13(18)11-6-7-12(16-15-11)14-9-4-5-10(8-9)19-3/h6-7,9-10H,4-5,8H2,1-3H3,(H,14,16). The number of aromatic nitrogens is 2. The number of anilines is 1. The van der Waals surface area contributed by atoms with Crippen LogP contribution in [0.2, 0.25) is 0 Å². The fourth-order valence-corrected chi connectivity index (χ4v) is 3.04. The molecular weight excluding hydrogens is 260 g/mol. The van der Waals surface area contributed by atoms with Gasteiger partial charge in [0.2, 0.25) is 0 Å². The minimum atomic E-state index is -0.123. The first-order valence-corrected chi connectivity index (χ1v) is 7.73. The van der Waals surface area contributed by atoms with E-state index in [2.05, 4.69) is 21.8 Å². The van der Waals surface area contributed by atoms with Crippen LogP contribution < -0.4 is 5.32 Å². The van der Waals surface area contributed by atoms with E-state index < -0.39 is 0 Å². The molecular formula is C13H20N4OS. The molecule has 0 spiro atoms. The maximum Gasteiger partial charge on any atom is 0.273 e. The van der Waals surface area contributed by atoms with Gasteiger partial charge in [0.05, 0.1) is 0 Å². The first-order chi connectivity index (χ1) is 9.10. The highest BCUT2D eigenvalue weighted by Gasteiger charge is 2.24. The fourth-order valence-electron chi connectivity index (χ4n) is 2.25. The molecule has 0 bridgehead atoms. The second-order valence-electron chi connectivity index (χ2n) is 5.02. The van der Waals surface area contributed by atoms with Crippen molar-refractivity contribution < 1.29 is 4.79 Å². The Labute approximate surface area is 118 Å². The van der Waals surface area contributed by atoms with Crippen LogP contribution in [0.15, 0.2) is 12.1 Å². The lowest BCUT2D eigenvalue weighted by molar-refractivity contribution is 0.0821. The molecule has 2 unspecified atom stereocenters. The average molecular weight is 280 g/mol. The monoisotopic (exact) mass is 280 g/mol. The van der Waals surface area contributed by atoms with E-state index in [1.54, 1.807) is 20.2 Å². The number of rotatable bonds is 4. The summed E-state index contributed by atoms with van der Waals surface area (Å²) in [7, 11) is 3.41. The molecule has 1 aromatic heterocycles. The van der Waals surface area contributed by atoms with Gasteiger partial charge in [0, 0.05) is 25.4 Å². The minimum absolute atomic E-state index is 0.123. The molecule has 0 aliphatic heterocycles. The summed E-state index contributed by atoms with van der Waals surface area (Å²) in [5.74, 6) is 0.629. The molecule has 2 atom stereocenters. The zero-order chi connectivity index (χ0) is 13.8. The van der Waals surface area contributed by atoms with Gasteiger partial charge in [-0.1, -0.05) is 0 Å². The Kier molecular flexibility index (Phi) is 4.63. The van der Waals surface area contributed by atoms with Gasteiger partial charge in [-0.25, -0.2) is 0 Å². The van der Waals surface area contributed by atoms with Crippen LogP contribution in [0.3, 0.4) is 0 Å². The van der Waals surface area contributed by atoms with Crippen LogP contribution in [0.1, 0.15) is 29.8 Å². The molecule has 2 rings (SSSR count). The smallest absolute Gasteiger partial charge is 0.273 e. The molecule has 1 fully saturated rings. The van der Waals surface area contributed by atoms with Crippen molar-refractivity contribution >= 4 is 23.5 Å². The van der Waals surface area contributed by atoms with Crippen molar-refractivity contribution in [2.75, 3.05) is 25.7 Å². The number of carbonyl (C=O) groups excluding carboxylic acids is 1. The summed E-state index contributed by atoms with van der Waals surface area (Å²) in [5.41, 5.74) is 0.379. The van der Waals surface area contributed by atoms with Gasteiger partial charge in [-0.15, -0.1) is 10.2 Å². The van der Waals surface area contributed by atoms with Crippen LogP contribution in [0.4, 0.5) is 5.82 Å². The van der Waals surface area contributed by atoms with E-state index in [0.29, 0.717) is 11.7 Å². The zero-order valence-corrected chi connectivity index (χ0v) is 12.4. The van der Waals surface area contributed by atoms with E-state index in [1.807, 2.05) is 17.8 Å². The summed E-state index contributed by atoms with van der Waals surface area (Å²) in [5, 5.41) is 12.2. The van der Waals surface area contributed by atoms with Crippen LogP contribution in [-0.4, -0.2) is 52.6 Å². The van der Waals surface area contributed by atoms with Crippen molar-refractivity contribution in [1.29, 1.82) is 0 Å². The van der Waals surface area contributed by atoms with Crippen LogP contribution >= 0.6 is 11.8 Å². The van der Waals surface area contributed by atoms with Crippen molar-refractivity contribution in [1.82, 2.24) is 15.1 Å². The van der Waals surface area contributed by atoms with Gasteiger partial charge in [-0.3, -0.25) is 4.79 Å². The number of hydrogen-bond acceptors (Lipinski definition) is 5. The van der Waals surface area contributed by atoms with Crippen LogP contribution in [-0.2, 0) is 0 Å². The Morgan fingerprint density at radius 2 is 2.16 bits per heavy atom. The third-order valence-corrected chi connectivity index (χ3v) is 4.45. The quantitative estimate of drug-likeness (QED) is 0.912. The van der Waals surface area contributed by atoms with Crippen molar-refractivity contribution in [2.24, 2.45) is 0 Å². The Balaban J connectivity index is 1.94. The van der Waals surface area contributed by atoms with E-state index in [-0.39, 0.29) is 5.91 Å². The van der Waals surface area contributed by atoms with Crippen molar-refractivity contribution in [3.05, 3.63) is 17.8 Å². The van der Waals surface area contributed by atoms with Crippen molar-refractivity contribution in [2.45, 2.75) is 30.6 Å². The zero-order valence-electron chi connectivity index (χ0n) is 11.6. The third kappa shape index (κ3) is 3.59. The Bertz CT molecular complexity index is 435. The molecule has 1 amide bonds. The van der Waals surface area contributed by atoms with Gasteiger partial charge in [0.15, 0.2) is 5.69 Å².